The number of nitrogens with zero attached hydrogens (tertiary/aromatic N) is 2. The van der Waals surface area contributed by atoms with E-state index in [2.05, 4.69) is 15.7 Å². The summed E-state index contributed by atoms with van der Waals surface area (Å²) >= 11 is 0. The summed E-state index contributed by atoms with van der Waals surface area (Å²) in [5, 5.41) is 9.78. The van der Waals surface area contributed by atoms with Crippen molar-refractivity contribution in [2.45, 2.75) is 33.7 Å². The highest BCUT2D eigenvalue weighted by molar-refractivity contribution is 5.97. The van der Waals surface area contributed by atoms with Crippen LogP contribution in [0.15, 0.2) is 24.3 Å². The van der Waals surface area contributed by atoms with Crippen LogP contribution in [0.2, 0.25) is 0 Å². The lowest BCUT2D eigenvalue weighted by molar-refractivity contribution is -0.116. The molecule has 0 spiro atoms. The normalized spacial score (nSPS) is 10.4. The molecule has 6 heteroatoms. The number of aromatic nitrogens is 2. The molecule has 0 aliphatic carbocycles. The maximum Gasteiger partial charge on any atom is 0.251 e. The molecule has 0 saturated heterocycles. The minimum absolute atomic E-state index is 0.102. The molecule has 0 bridgehead atoms. The smallest absolute Gasteiger partial charge is 0.251 e. The predicted molar refractivity (Wildman–Crippen MR) is 89.5 cm³/mol. The highest BCUT2D eigenvalue weighted by Gasteiger charge is 2.10. The van der Waals surface area contributed by atoms with Crippen LogP contribution >= 0.6 is 0 Å². The Bertz CT molecular complexity index is 734. The van der Waals surface area contributed by atoms with Gasteiger partial charge in [-0.1, -0.05) is 6.07 Å². The first-order valence-electron chi connectivity index (χ1n) is 7.54. The Morgan fingerprint density at radius 3 is 2.52 bits per heavy atom. The molecule has 2 N–H and O–H groups in total. The van der Waals surface area contributed by atoms with Gasteiger partial charge in [0.05, 0.1) is 5.69 Å². The molecule has 2 amide bonds. The highest BCUT2D eigenvalue weighted by atomic mass is 16.2. The Balaban J connectivity index is 2.02. The zero-order chi connectivity index (χ0) is 17.0. The number of benzene rings is 1. The van der Waals surface area contributed by atoms with Gasteiger partial charge in [-0.3, -0.25) is 14.3 Å². The van der Waals surface area contributed by atoms with Crippen molar-refractivity contribution in [1.29, 1.82) is 0 Å². The number of anilines is 1. The average Bonchev–Trinajstić information content (AvgIpc) is 2.84. The molecule has 6 nitrogen and oxygen atoms in total. The number of carbonyl (C=O) groups excluding carboxylic acids is 2. The maximum atomic E-state index is 12.2. The highest BCUT2D eigenvalue weighted by Crippen LogP contribution is 2.17. The van der Waals surface area contributed by atoms with Crippen LogP contribution in [0.25, 0.3) is 0 Å². The van der Waals surface area contributed by atoms with E-state index in [1.54, 1.807) is 19.2 Å². The second-order valence-corrected chi connectivity index (χ2v) is 5.56. The van der Waals surface area contributed by atoms with E-state index >= 15 is 0 Å². The summed E-state index contributed by atoms with van der Waals surface area (Å²) in [6.45, 7) is 6.32. The Morgan fingerprint density at radius 2 is 1.91 bits per heavy atom. The Labute approximate surface area is 135 Å². The first-order valence-corrected chi connectivity index (χ1v) is 7.54. The molecule has 0 unspecified atom stereocenters. The topological polar surface area (TPSA) is 76.0 Å². The molecule has 1 heterocycles. The number of hydrogen-bond acceptors (Lipinski definition) is 3. The Kier molecular flexibility index (Phi) is 5.16. The van der Waals surface area contributed by atoms with Crippen molar-refractivity contribution in [3.05, 3.63) is 46.8 Å². The number of carbonyl (C=O) groups is 2. The maximum absolute atomic E-state index is 12.2. The standard InChI is InChI=1S/C17H22N4O2/c1-11-5-6-14(17(23)18-4)10-15(11)19-16(22)7-8-21-13(3)9-12(2)20-21/h5-6,9-10H,7-8H2,1-4H3,(H,18,23)(H,19,22). The van der Waals surface area contributed by atoms with Crippen LogP contribution in [0.4, 0.5) is 5.69 Å². The van der Waals surface area contributed by atoms with Crippen molar-refractivity contribution in [3.8, 4) is 0 Å². The molecule has 0 aliphatic rings. The van der Waals surface area contributed by atoms with Crippen LogP contribution in [0.5, 0.6) is 0 Å². The summed E-state index contributed by atoms with van der Waals surface area (Å²) in [4.78, 5) is 23.8. The van der Waals surface area contributed by atoms with E-state index in [9.17, 15) is 9.59 Å². The molecule has 0 fully saturated rings. The van der Waals surface area contributed by atoms with Gasteiger partial charge in [0, 0.05) is 37.0 Å². The number of nitrogens with one attached hydrogen (secondary N) is 2. The van der Waals surface area contributed by atoms with Gasteiger partial charge in [0.15, 0.2) is 0 Å². The molecule has 0 radical (unpaired) electrons. The van der Waals surface area contributed by atoms with Crippen LogP contribution in [0.1, 0.15) is 33.7 Å². The molecule has 0 atom stereocenters. The Morgan fingerprint density at radius 1 is 1.17 bits per heavy atom. The molecular formula is C17H22N4O2. The van der Waals surface area contributed by atoms with Crippen LogP contribution in [0, 0.1) is 20.8 Å². The van der Waals surface area contributed by atoms with Crippen molar-refractivity contribution in [2.75, 3.05) is 12.4 Å². The van der Waals surface area contributed by atoms with Crippen molar-refractivity contribution in [3.63, 3.8) is 0 Å². The molecule has 2 aromatic rings. The lowest BCUT2D eigenvalue weighted by atomic mass is 10.1. The third kappa shape index (κ3) is 4.18. The third-order valence-electron chi connectivity index (χ3n) is 3.65. The van der Waals surface area contributed by atoms with Crippen LogP contribution < -0.4 is 10.6 Å². The van der Waals surface area contributed by atoms with Crippen LogP contribution in [-0.4, -0.2) is 28.6 Å². The minimum Gasteiger partial charge on any atom is -0.355 e. The van der Waals surface area contributed by atoms with Crippen LogP contribution in [-0.2, 0) is 11.3 Å². The average molecular weight is 314 g/mol. The molecule has 23 heavy (non-hydrogen) atoms. The van der Waals surface area contributed by atoms with E-state index in [-0.39, 0.29) is 11.8 Å². The lowest BCUT2D eigenvalue weighted by Crippen LogP contribution is -2.19. The quantitative estimate of drug-likeness (QED) is 0.888. The van der Waals surface area contributed by atoms with Gasteiger partial charge in [-0.2, -0.15) is 5.10 Å². The van der Waals surface area contributed by atoms with Gasteiger partial charge < -0.3 is 10.6 Å². The molecule has 0 saturated carbocycles. The summed E-state index contributed by atoms with van der Waals surface area (Å²) in [6, 6.07) is 7.23. The van der Waals surface area contributed by atoms with Crippen LogP contribution in [0.3, 0.4) is 0 Å². The summed E-state index contributed by atoms with van der Waals surface area (Å²) < 4.78 is 1.82. The second-order valence-electron chi connectivity index (χ2n) is 5.56. The van der Waals surface area contributed by atoms with Gasteiger partial charge in [0.2, 0.25) is 5.91 Å². The van der Waals surface area contributed by atoms with Gasteiger partial charge in [-0.25, -0.2) is 0 Å². The van der Waals surface area contributed by atoms with E-state index in [1.165, 1.54) is 0 Å². The first kappa shape index (κ1) is 16.7. The number of rotatable bonds is 5. The zero-order valence-corrected chi connectivity index (χ0v) is 13.9. The van der Waals surface area contributed by atoms with E-state index in [0.717, 1.165) is 17.0 Å². The largest absolute Gasteiger partial charge is 0.355 e. The third-order valence-corrected chi connectivity index (χ3v) is 3.65. The van der Waals surface area contributed by atoms with Gasteiger partial charge in [0.1, 0.15) is 0 Å². The van der Waals surface area contributed by atoms with Crippen molar-refractivity contribution >= 4 is 17.5 Å². The molecule has 122 valence electrons. The van der Waals surface area contributed by atoms with Gasteiger partial charge in [-0.15, -0.1) is 0 Å². The van der Waals surface area contributed by atoms with Gasteiger partial charge in [-0.05, 0) is 44.5 Å². The fourth-order valence-corrected chi connectivity index (χ4v) is 2.36. The Hall–Kier alpha value is -2.63. The summed E-state index contributed by atoms with van der Waals surface area (Å²) in [6.07, 6.45) is 0.325. The van der Waals surface area contributed by atoms with E-state index in [4.69, 9.17) is 0 Å². The molecular weight excluding hydrogens is 292 g/mol. The number of hydrogen-bond donors (Lipinski definition) is 2. The van der Waals surface area contributed by atoms with Crippen molar-refractivity contribution in [1.82, 2.24) is 15.1 Å². The van der Waals surface area contributed by atoms with E-state index in [0.29, 0.717) is 24.2 Å². The lowest BCUT2D eigenvalue weighted by Gasteiger charge is -2.11. The number of amides is 2. The van der Waals surface area contributed by atoms with E-state index in [1.807, 2.05) is 37.6 Å². The number of aryl methyl sites for hydroxylation is 4. The van der Waals surface area contributed by atoms with Crippen molar-refractivity contribution in [2.24, 2.45) is 0 Å². The fraction of sp³-hybridized carbons (Fsp3) is 0.353. The first-order chi connectivity index (χ1) is 10.9. The summed E-state index contributed by atoms with van der Waals surface area (Å²) in [5.41, 5.74) is 4.07. The van der Waals surface area contributed by atoms with E-state index < -0.39 is 0 Å². The van der Waals surface area contributed by atoms with Crippen molar-refractivity contribution < 1.29 is 9.59 Å². The fourth-order valence-electron chi connectivity index (χ4n) is 2.36. The minimum atomic E-state index is -0.178. The summed E-state index contributed by atoms with van der Waals surface area (Å²) in [5.74, 6) is -0.280. The molecule has 2 rings (SSSR count). The van der Waals surface area contributed by atoms with Gasteiger partial charge in [0.25, 0.3) is 5.91 Å². The molecule has 0 aliphatic heterocycles. The monoisotopic (exact) mass is 314 g/mol. The molecule has 1 aromatic carbocycles. The SMILES string of the molecule is CNC(=O)c1ccc(C)c(NC(=O)CCn2nc(C)cc2C)c1. The zero-order valence-electron chi connectivity index (χ0n) is 13.9. The van der Waals surface area contributed by atoms with Gasteiger partial charge >= 0.3 is 0 Å². The summed E-state index contributed by atoms with van der Waals surface area (Å²) in [7, 11) is 1.58. The molecule has 1 aromatic heterocycles. The predicted octanol–water partition coefficient (Wildman–Crippen LogP) is 2.20. The second kappa shape index (κ2) is 7.09.